The Bertz CT molecular complexity index is 1050. The molecule has 168 valence electrons. The number of thiazole rings is 1. The van der Waals surface area contributed by atoms with Crippen LogP contribution in [0.5, 0.6) is 5.75 Å². The fraction of sp³-hybridized carbons (Fsp3) is 0.458. The van der Waals surface area contributed by atoms with E-state index in [1.807, 2.05) is 41.2 Å². The first-order chi connectivity index (χ1) is 15.6. The lowest BCUT2D eigenvalue weighted by atomic mass is 9.90. The third-order valence-corrected chi connectivity index (χ3v) is 7.72. The Morgan fingerprint density at radius 1 is 1.31 bits per heavy atom. The number of hydrogen-bond donors (Lipinski definition) is 1. The number of likely N-dealkylation sites (tertiary alicyclic amines) is 1. The van der Waals surface area contributed by atoms with Crippen LogP contribution in [0.1, 0.15) is 30.5 Å². The van der Waals surface area contributed by atoms with Gasteiger partial charge in [0.15, 0.2) is 0 Å². The van der Waals surface area contributed by atoms with Crippen molar-refractivity contribution < 1.29 is 9.53 Å². The average Bonchev–Trinajstić information content (AvgIpc) is 3.15. The summed E-state index contributed by atoms with van der Waals surface area (Å²) in [6.45, 7) is 3.52. The highest BCUT2D eigenvalue weighted by atomic mass is 32.1. The first-order valence-electron chi connectivity index (χ1n) is 11.1. The zero-order valence-corrected chi connectivity index (χ0v) is 19.4. The minimum atomic E-state index is 0.178. The number of benzene rings is 1. The number of H-pyrrole nitrogens is 1. The molecule has 0 bridgehead atoms. The van der Waals surface area contributed by atoms with Gasteiger partial charge in [-0.25, -0.2) is 4.98 Å². The fourth-order valence-corrected chi connectivity index (χ4v) is 5.54. The largest absolute Gasteiger partial charge is 0.497 e. The molecule has 1 unspecified atom stereocenters. The molecule has 2 aromatic heterocycles. The van der Waals surface area contributed by atoms with Crippen LogP contribution < -0.4 is 4.74 Å². The monoisotopic (exact) mass is 451 g/mol. The summed E-state index contributed by atoms with van der Waals surface area (Å²) in [4.78, 5) is 21.6. The summed E-state index contributed by atoms with van der Waals surface area (Å²) in [5.74, 6) is 1.31. The minimum absolute atomic E-state index is 0.178. The number of piperidine rings is 1. The Balaban J connectivity index is 1.16. The molecule has 1 spiro atoms. The molecule has 1 aliphatic carbocycles. The van der Waals surface area contributed by atoms with Gasteiger partial charge in [-0.05, 0) is 62.0 Å². The zero-order chi connectivity index (χ0) is 22.1. The maximum atomic E-state index is 13.0. The van der Waals surface area contributed by atoms with Gasteiger partial charge in [-0.15, -0.1) is 11.3 Å². The van der Waals surface area contributed by atoms with Gasteiger partial charge in [0.05, 0.1) is 36.7 Å². The molecule has 5 rings (SSSR count). The second-order valence-corrected chi connectivity index (χ2v) is 9.79. The first kappa shape index (κ1) is 21.2. The summed E-state index contributed by atoms with van der Waals surface area (Å²) >= 11 is 1.57. The van der Waals surface area contributed by atoms with E-state index in [1.54, 1.807) is 18.4 Å². The molecule has 2 fully saturated rings. The molecular formula is C24H29N5O2S. The van der Waals surface area contributed by atoms with E-state index in [1.165, 1.54) is 5.56 Å². The number of methoxy groups -OCH3 is 1. The quantitative estimate of drug-likeness (QED) is 0.591. The Hall–Kier alpha value is -2.71. The number of carbonyl (C=O) groups is 1. The maximum absolute atomic E-state index is 13.0. The summed E-state index contributed by atoms with van der Waals surface area (Å²) in [5.41, 5.74) is 6.39. The molecule has 1 atom stereocenters. The Labute approximate surface area is 192 Å². The van der Waals surface area contributed by atoms with Crippen molar-refractivity contribution in [2.75, 3.05) is 27.2 Å². The van der Waals surface area contributed by atoms with E-state index in [0.717, 1.165) is 61.6 Å². The first-order valence-corrected chi connectivity index (χ1v) is 12.0. The predicted octanol–water partition coefficient (Wildman–Crippen LogP) is 3.80. The van der Waals surface area contributed by atoms with Crippen molar-refractivity contribution in [3.63, 3.8) is 0 Å². The van der Waals surface area contributed by atoms with Gasteiger partial charge in [0.1, 0.15) is 5.75 Å². The highest BCUT2D eigenvalue weighted by molar-refractivity contribution is 7.07. The van der Waals surface area contributed by atoms with Gasteiger partial charge in [0.25, 0.3) is 0 Å². The molecule has 1 aliphatic heterocycles. The van der Waals surface area contributed by atoms with Gasteiger partial charge in [-0.2, -0.15) is 5.10 Å². The lowest BCUT2D eigenvalue weighted by molar-refractivity contribution is -0.133. The number of rotatable bonds is 7. The minimum Gasteiger partial charge on any atom is -0.497 e. The molecule has 2 aliphatic rings. The van der Waals surface area contributed by atoms with Crippen LogP contribution in [0.4, 0.5) is 0 Å². The van der Waals surface area contributed by atoms with Gasteiger partial charge in [-0.3, -0.25) is 14.8 Å². The summed E-state index contributed by atoms with van der Waals surface area (Å²) in [5, 5.41) is 9.47. The van der Waals surface area contributed by atoms with Crippen molar-refractivity contribution in [2.45, 2.75) is 32.4 Å². The van der Waals surface area contributed by atoms with Crippen molar-refractivity contribution in [2.24, 2.45) is 11.3 Å². The molecule has 1 N–H and O–H groups in total. The van der Waals surface area contributed by atoms with Crippen molar-refractivity contribution >= 4 is 17.2 Å². The number of aromatic amines is 1. The second kappa shape index (κ2) is 8.67. The van der Waals surface area contributed by atoms with Gasteiger partial charge in [-0.1, -0.05) is 0 Å². The average molecular weight is 452 g/mol. The molecule has 3 heterocycles. The molecule has 7 nitrogen and oxygen atoms in total. The molecule has 32 heavy (non-hydrogen) atoms. The molecule has 1 saturated carbocycles. The molecule has 1 saturated heterocycles. The Morgan fingerprint density at radius 2 is 2.09 bits per heavy atom. The highest BCUT2D eigenvalue weighted by Crippen LogP contribution is 2.60. The molecular weight excluding hydrogens is 422 g/mol. The number of nitrogens with zero attached hydrogens (tertiary/aromatic N) is 4. The number of amides is 1. The van der Waals surface area contributed by atoms with Crippen LogP contribution in [0.15, 0.2) is 41.4 Å². The van der Waals surface area contributed by atoms with Crippen molar-refractivity contribution in [1.29, 1.82) is 0 Å². The molecule has 8 heteroatoms. The van der Waals surface area contributed by atoms with E-state index in [0.29, 0.717) is 6.54 Å². The van der Waals surface area contributed by atoms with Gasteiger partial charge < -0.3 is 9.64 Å². The van der Waals surface area contributed by atoms with Crippen LogP contribution in [0.2, 0.25) is 0 Å². The van der Waals surface area contributed by atoms with E-state index in [2.05, 4.69) is 32.2 Å². The van der Waals surface area contributed by atoms with Crippen LogP contribution in [0.25, 0.3) is 11.3 Å². The second-order valence-electron chi connectivity index (χ2n) is 9.07. The van der Waals surface area contributed by atoms with Gasteiger partial charge in [0, 0.05) is 36.0 Å². The summed E-state index contributed by atoms with van der Waals surface area (Å²) in [6.07, 6.45) is 5.14. The van der Waals surface area contributed by atoms with E-state index < -0.39 is 0 Å². The summed E-state index contributed by atoms with van der Waals surface area (Å²) in [6, 6.07) is 8.06. The standard InChI is InChI=1S/C24H29N5O2S/c1-28(14-19-15-32-16-25-19)23(30)21-11-24(21)7-9-29(10-8-24)13-18-12-26-27-22(18)17-3-5-20(31-2)6-4-17/h3-6,12,15-16,21H,7-11,13-14H2,1-2H3,(H,26,27). The van der Waals surface area contributed by atoms with Crippen LogP contribution in [-0.2, 0) is 17.9 Å². The number of carbonyl (C=O) groups excluding carboxylic acids is 1. The van der Waals surface area contributed by atoms with E-state index >= 15 is 0 Å². The Morgan fingerprint density at radius 3 is 2.78 bits per heavy atom. The molecule has 1 amide bonds. The lowest BCUT2D eigenvalue weighted by Crippen LogP contribution is -2.37. The highest BCUT2D eigenvalue weighted by Gasteiger charge is 2.59. The van der Waals surface area contributed by atoms with E-state index in [-0.39, 0.29) is 17.2 Å². The Kier molecular flexibility index (Phi) is 5.73. The van der Waals surface area contributed by atoms with Gasteiger partial charge >= 0.3 is 0 Å². The van der Waals surface area contributed by atoms with Crippen LogP contribution in [-0.4, -0.2) is 58.1 Å². The normalized spacial score (nSPS) is 19.8. The predicted molar refractivity (Wildman–Crippen MR) is 124 cm³/mol. The molecule has 1 aromatic carbocycles. The number of hydrogen-bond acceptors (Lipinski definition) is 6. The van der Waals surface area contributed by atoms with Gasteiger partial charge in [0.2, 0.25) is 5.91 Å². The summed E-state index contributed by atoms with van der Waals surface area (Å²) in [7, 11) is 3.58. The zero-order valence-electron chi connectivity index (χ0n) is 18.6. The lowest BCUT2D eigenvalue weighted by Gasteiger charge is -2.33. The number of ether oxygens (including phenoxy) is 1. The van der Waals surface area contributed by atoms with Crippen molar-refractivity contribution in [1.82, 2.24) is 25.0 Å². The number of nitrogens with one attached hydrogen (secondary N) is 1. The van der Waals surface area contributed by atoms with E-state index in [4.69, 9.17) is 4.74 Å². The van der Waals surface area contributed by atoms with Crippen molar-refractivity contribution in [3.05, 3.63) is 52.6 Å². The SMILES string of the molecule is COc1ccc(-c2[nH]ncc2CN2CCC3(CC2)CC3C(=O)N(C)Cc2cscn2)cc1. The van der Waals surface area contributed by atoms with E-state index in [9.17, 15) is 4.79 Å². The third-order valence-electron chi connectivity index (χ3n) is 7.09. The summed E-state index contributed by atoms with van der Waals surface area (Å²) < 4.78 is 5.27. The maximum Gasteiger partial charge on any atom is 0.226 e. The topological polar surface area (TPSA) is 74.3 Å². The van der Waals surface area contributed by atoms with Crippen LogP contribution in [0.3, 0.4) is 0 Å². The van der Waals surface area contributed by atoms with Crippen LogP contribution >= 0.6 is 11.3 Å². The number of aromatic nitrogens is 3. The fourth-order valence-electron chi connectivity index (χ4n) is 4.99. The van der Waals surface area contributed by atoms with Crippen molar-refractivity contribution in [3.8, 4) is 17.0 Å². The third kappa shape index (κ3) is 4.17. The molecule has 3 aromatic rings. The smallest absolute Gasteiger partial charge is 0.226 e. The van der Waals surface area contributed by atoms with Crippen LogP contribution in [0, 0.1) is 11.3 Å². The molecule has 0 radical (unpaired) electrons.